The summed E-state index contributed by atoms with van der Waals surface area (Å²) in [7, 11) is -2.70. The number of carbonyl (C=O) groups excluding carboxylic acids is 2. The molecule has 0 spiro atoms. The van der Waals surface area contributed by atoms with Gasteiger partial charge in [0.2, 0.25) is 15.9 Å². The van der Waals surface area contributed by atoms with Gasteiger partial charge in [0.25, 0.3) is 0 Å². The summed E-state index contributed by atoms with van der Waals surface area (Å²) in [6.45, 7) is 2.39. The first-order valence-corrected chi connectivity index (χ1v) is 12.6. The van der Waals surface area contributed by atoms with Crippen LogP contribution >= 0.6 is 0 Å². The van der Waals surface area contributed by atoms with Crippen molar-refractivity contribution in [3.8, 4) is 5.75 Å². The van der Waals surface area contributed by atoms with E-state index in [9.17, 15) is 18.0 Å². The Morgan fingerprint density at radius 2 is 1.63 bits per heavy atom. The fourth-order valence-electron chi connectivity index (χ4n) is 4.02. The number of fused-ring (bicyclic) bond motifs is 1. The molecular weight excluding hydrogens is 468 g/mol. The quantitative estimate of drug-likeness (QED) is 0.504. The standard InChI is InChI=1S/C26H26N2O6S/c1-3-34-22-12-14-23(15-13-22)35(31,32)28-17-20-7-5-4-6-19(20)16-24(28)25(29)27-21-10-8-18(9-11-21)26(30)33-2/h4-15,24H,3,16-17H2,1-2H3,(H,27,29)/t24-/m1/s1. The molecule has 1 aliphatic rings. The average molecular weight is 495 g/mol. The van der Waals surface area contributed by atoms with E-state index in [0.717, 1.165) is 11.1 Å². The minimum atomic E-state index is -3.99. The van der Waals surface area contributed by atoms with Crippen LogP contribution in [-0.2, 0) is 32.5 Å². The van der Waals surface area contributed by atoms with E-state index < -0.39 is 27.9 Å². The van der Waals surface area contributed by atoms with Crippen LogP contribution in [-0.4, -0.2) is 44.4 Å². The Hall–Kier alpha value is -3.69. The number of esters is 1. The van der Waals surface area contributed by atoms with Gasteiger partial charge < -0.3 is 14.8 Å². The smallest absolute Gasteiger partial charge is 0.337 e. The summed E-state index contributed by atoms with van der Waals surface area (Å²) >= 11 is 0. The highest BCUT2D eigenvalue weighted by molar-refractivity contribution is 7.89. The number of nitrogens with one attached hydrogen (secondary N) is 1. The summed E-state index contributed by atoms with van der Waals surface area (Å²) in [4.78, 5) is 25.1. The third kappa shape index (κ3) is 5.21. The largest absolute Gasteiger partial charge is 0.494 e. The molecule has 0 aromatic heterocycles. The zero-order valence-electron chi connectivity index (χ0n) is 19.4. The molecule has 8 nitrogen and oxygen atoms in total. The van der Waals surface area contributed by atoms with E-state index >= 15 is 0 Å². The second kappa shape index (κ2) is 10.3. The SMILES string of the molecule is CCOc1ccc(S(=O)(=O)N2Cc3ccccc3C[C@@H]2C(=O)Nc2ccc(C(=O)OC)cc2)cc1. The van der Waals surface area contributed by atoms with E-state index in [1.807, 2.05) is 31.2 Å². The Morgan fingerprint density at radius 1 is 0.971 bits per heavy atom. The Bertz CT molecular complexity index is 1320. The van der Waals surface area contributed by atoms with Crippen molar-refractivity contribution in [3.05, 3.63) is 89.5 Å². The average Bonchev–Trinajstić information content (AvgIpc) is 2.88. The summed E-state index contributed by atoms with van der Waals surface area (Å²) < 4.78 is 38.6. The van der Waals surface area contributed by atoms with Crippen molar-refractivity contribution >= 4 is 27.6 Å². The molecule has 0 saturated carbocycles. The molecule has 0 aliphatic carbocycles. The monoisotopic (exact) mass is 494 g/mol. The number of nitrogens with zero attached hydrogens (tertiary/aromatic N) is 1. The second-order valence-electron chi connectivity index (χ2n) is 8.00. The van der Waals surface area contributed by atoms with Gasteiger partial charge in [0.05, 0.1) is 24.2 Å². The van der Waals surface area contributed by atoms with Crippen LogP contribution in [0.15, 0.2) is 77.7 Å². The van der Waals surface area contributed by atoms with Crippen molar-refractivity contribution in [1.29, 1.82) is 0 Å². The van der Waals surface area contributed by atoms with Crippen molar-refractivity contribution in [2.75, 3.05) is 19.0 Å². The number of carbonyl (C=O) groups is 2. The number of anilines is 1. The van der Waals surface area contributed by atoms with Gasteiger partial charge in [-0.2, -0.15) is 4.31 Å². The highest BCUT2D eigenvalue weighted by Gasteiger charge is 2.39. The van der Waals surface area contributed by atoms with E-state index in [1.165, 1.54) is 35.7 Å². The highest BCUT2D eigenvalue weighted by atomic mass is 32.2. The van der Waals surface area contributed by atoms with Gasteiger partial charge in [-0.15, -0.1) is 0 Å². The number of benzene rings is 3. The van der Waals surface area contributed by atoms with Crippen LogP contribution in [0, 0.1) is 0 Å². The molecule has 3 aromatic rings. The zero-order valence-corrected chi connectivity index (χ0v) is 20.2. The summed E-state index contributed by atoms with van der Waals surface area (Å²) in [5.74, 6) is -0.376. The Kier molecular flexibility index (Phi) is 7.18. The van der Waals surface area contributed by atoms with Gasteiger partial charge in [-0.25, -0.2) is 13.2 Å². The molecule has 0 saturated heterocycles. The summed E-state index contributed by atoms with van der Waals surface area (Å²) in [6.07, 6.45) is 0.235. The normalized spacial score (nSPS) is 15.7. The number of sulfonamides is 1. The fourth-order valence-corrected chi connectivity index (χ4v) is 5.58. The second-order valence-corrected chi connectivity index (χ2v) is 9.89. The highest BCUT2D eigenvalue weighted by Crippen LogP contribution is 2.30. The van der Waals surface area contributed by atoms with Crippen LogP contribution in [0.25, 0.3) is 0 Å². The van der Waals surface area contributed by atoms with Crippen molar-refractivity contribution in [1.82, 2.24) is 4.31 Å². The number of amides is 1. The van der Waals surface area contributed by atoms with Crippen LogP contribution in [0.2, 0.25) is 0 Å². The van der Waals surface area contributed by atoms with E-state index in [0.29, 0.717) is 23.6 Å². The van der Waals surface area contributed by atoms with E-state index in [1.54, 1.807) is 24.3 Å². The minimum absolute atomic E-state index is 0.0745. The maximum Gasteiger partial charge on any atom is 0.337 e. The van der Waals surface area contributed by atoms with E-state index in [-0.39, 0.29) is 17.9 Å². The molecule has 35 heavy (non-hydrogen) atoms. The zero-order chi connectivity index (χ0) is 25.0. The third-order valence-corrected chi connectivity index (χ3v) is 7.69. The lowest BCUT2D eigenvalue weighted by atomic mass is 9.95. The maximum absolute atomic E-state index is 13.6. The van der Waals surface area contributed by atoms with E-state index in [4.69, 9.17) is 9.47 Å². The molecule has 3 aromatic carbocycles. The van der Waals surface area contributed by atoms with Gasteiger partial charge in [-0.1, -0.05) is 24.3 Å². The van der Waals surface area contributed by atoms with Gasteiger partial charge in [-0.3, -0.25) is 4.79 Å². The molecule has 182 valence electrons. The number of ether oxygens (including phenoxy) is 2. The van der Waals surface area contributed by atoms with E-state index in [2.05, 4.69) is 5.32 Å². The first kappa shape index (κ1) is 24.4. The summed E-state index contributed by atoms with van der Waals surface area (Å²) in [6, 6.07) is 18.9. The molecule has 0 unspecified atom stereocenters. The lowest BCUT2D eigenvalue weighted by molar-refractivity contribution is -0.120. The first-order chi connectivity index (χ1) is 16.8. The Morgan fingerprint density at radius 3 is 2.26 bits per heavy atom. The van der Waals surface area contributed by atoms with Crippen molar-refractivity contribution in [2.24, 2.45) is 0 Å². The molecule has 1 atom stereocenters. The Labute approximate surface area is 204 Å². The van der Waals surface area contributed by atoms with Crippen molar-refractivity contribution in [3.63, 3.8) is 0 Å². The fraction of sp³-hybridized carbons (Fsp3) is 0.231. The van der Waals surface area contributed by atoms with Crippen molar-refractivity contribution in [2.45, 2.75) is 30.8 Å². The number of hydrogen-bond donors (Lipinski definition) is 1. The molecule has 1 N–H and O–H groups in total. The lowest BCUT2D eigenvalue weighted by Gasteiger charge is -2.35. The molecule has 1 heterocycles. The molecule has 0 radical (unpaired) electrons. The minimum Gasteiger partial charge on any atom is -0.494 e. The first-order valence-electron chi connectivity index (χ1n) is 11.1. The summed E-state index contributed by atoms with van der Waals surface area (Å²) in [5, 5.41) is 2.79. The maximum atomic E-state index is 13.6. The lowest BCUT2D eigenvalue weighted by Crippen LogP contribution is -2.50. The molecule has 0 bridgehead atoms. The van der Waals surface area contributed by atoms with Gasteiger partial charge in [0.15, 0.2) is 0 Å². The van der Waals surface area contributed by atoms with Crippen LogP contribution in [0.1, 0.15) is 28.4 Å². The number of methoxy groups -OCH3 is 1. The molecule has 1 aliphatic heterocycles. The molecule has 4 rings (SSSR count). The van der Waals surface area contributed by atoms with Crippen molar-refractivity contribution < 1.29 is 27.5 Å². The number of hydrogen-bond acceptors (Lipinski definition) is 6. The van der Waals surface area contributed by atoms with Gasteiger partial charge >= 0.3 is 5.97 Å². The predicted octanol–water partition coefficient (Wildman–Crippen LogP) is 3.63. The topological polar surface area (TPSA) is 102 Å². The predicted molar refractivity (Wildman–Crippen MR) is 131 cm³/mol. The number of rotatable bonds is 7. The third-order valence-electron chi connectivity index (χ3n) is 5.82. The molecular formula is C26H26N2O6S. The summed E-state index contributed by atoms with van der Waals surface area (Å²) in [5.41, 5.74) is 2.57. The van der Waals surface area contributed by atoms with Gasteiger partial charge in [-0.05, 0) is 73.0 Å². The van der Waals surface area contributed by atoms with Crippen LogP contribution in [0.4, 0.5) is 5.69 Å². The van der Waals surface area contributed by atoms with Gasteiger partial charge in [0, 0.05) is 12.2 Å². The Balaban J connectivity index is 1.63. The van der Waals surface area contributed by atoms with Gasteiger partial charge in [0.1, 0.15) is 11.8 Å². The van der Waals surface area contributed by atoms with Crippen LogP contribution in [0.5, 0.6) is 5.75 Å². The van der Waals surface area contributed by atoms with Crippen LogP contribution < -0.4 is 10.1 Å². The molecule has 9 heteroatoms. The molecule has 1 amide bonds. The van der Waals surface area contributed by atoms with Crippen LogP contribution in [0.3, 0.4) is 0 Å². The molecule has 0 fully saturated rings.